The quantitative estimate of drug-likeness (QED) is 0.783. The van der Waals surface area contributed by atoms with Crippen LogP contribution in [0, 0.1) is 6.92 Å². The van der Waals surface area contributed by atoms with Crippen LogP contribution in [0.3, 0.4) is 0 Å². The molecular formula is C15H23NO. The summed E-state index contributed by atoms with van der Waals surface area (Å²) in [4.78, 5) is 0. The van der Waals surface area contributed by atoms with Gasteiger partial charge in [-0.1, -0.05) is 43.9 Å². The number of benzene rings is 1. The Morgan fingerprint density at radius 1 is 1.12 bits per heavy atom. The van der Waals surface area contributed by atoms with E-state index in [0.29, 0.717) is 0 Å². The molecule has 0 unspecified atom stereocenters. The zero-order valence-corrected chi connectivity index (χ0v) is 10.7. The van der Waals surface area contributed by atoms with Gasteiger partial charge in [-0.25, -0.2) is 0 Å². The molecule has 17 heavy (non-hydrogen) atoms. The third-order valence-electron chi connectivity index (χ3n) is 3.91. The number of hydrogen-bond acceptors (Lipinski definition) is 2. The first kappa shape index (κ1) is 12.4. The lowest BCUT2D eigenvalue weighted by atomic mass is 9.90. The van der Waals surface area contributed by atoms with E-state index >= 15 is 0 Å². The van der Waals surface area contributed by atoms with Gasteiger partial charge in [0.2, 0.25) is 0 Å². The maximum absolute atomic E-state index is 9.76. The molecule has 0 heterocycles. The first-order valence-electron chi connectivity index (χ1n) is 6.70. The molecule has 2 nitrogen and oxygen atoms in total. The van der Waals surface area contributed by atoms with Crippen LogP contribution >= 0.6 is 0 Å². The molecule has 2 N–H and O–H groups in total. The third kappa shape index (κ3) is 3.01. The minimum atomic E-state index is -0.0946. The molecule has 1 aliphatic carbocycles. The lowest BCUT2D eigenvalue weighted by Gasteiger charge is -2.33. The number of aryl methyl sites for hydroxylation is 1. The van der Waals surface area contributed by atoms with Gasteiger partial charge in [0, 0.05) is 5.69 Å². The fourth-order valence-corrected chi connectivity index (χ4v) is 2.73. The zero-order valence-electron chi connectivity index (χ0n) is 10.7. The van der Waals surface area contributed by atoms with Crippen molar-refractivity contribution in [1.82, 2.24) is 0 Å². The Hall–Kier alpha value is -1.02. The molecule has 1 aliphatic rings. The summed E-state index contributed by atoms with van der Waals surface area (Å²) >= 11 is 0. The van der Waals surface area contributed by atoms with Crippen LogP contribution in [0.15, 0.2) is 24.3 Å². The van der Waals surface area contributed by atoms with Gasteiger partial charge in [0.05, 0.1) is 12.1 Å². The van der Waals surface area contributed by atoms with Crippen molar-refractivity contribution in [3.63, 3.8) is 0 Å². The van der Waals surface area contributed by atoms with Crippen molar-refractivity contribution in [2.24, 2.45) is 0 Å². The van der Waals surface area contributed by atoms with Crippen molar-refractivity contribution in [3.8, 4) is 0 Å². The lowest BCUT2D eigenvalue weighted by Crippen LogP contribution is -2.41. The van der Waals surface area contributed by atoms with E-state index in [1.807, 2.05) is 0 Å². The SMILES string of the molecule is Cc1ccccc1NC1(CO)CCCCCC1. The Kier molecular flexibility index (Phi) is 4.06. The predicted molar refractivity (Wildman–Crippen MR) is 72.3 cm³/mol. The number of aliphatic hydroxyl groups excluding tert-OH is 1. The molecule has 0 spiro atoms. The van der Waals surface area contributed by atoms with E-state index in [1.165, 1.54) is 36.9 Å². The van der Waals surface area contributed by atoms with Crippen molar-refractivity contribution in [1.29, 1.82) is 0 Å². The molecule has 0 atom stereocenters. The normalized spacial score (nSPS) is 19.6. The van der Waals surface area contributed by atoms with E-state index in [4.69, 9.17) is 0 Å². The maximum Gasteiger partial charge on any atom is 0.0661 e. The van der Waals surface area contributed by atoms with Crippen molar-refractivity contribution in [2.75, 3.05) is 11.9 Å². The van der Waals surface area contributed by atoms with Gasteiger partial charge in [-0.15, -0.1) is 0 Å². The Bertz CT molecular complexity index is 354. The highest BCUT2D eigenvalue weighted by atomic mass is 16.3. The summed E-state index contributed by atoms with van der Waals surface area (Å²) in [5.41, 5.74) is 2.33. The Morgan fingerprint density at radius 3 is 2.35 bits per heavy atom. The van der Waals surface area contributed by atoms with Crippen LogP contribution < -0.4 is 5.32 Å². The van der Waals surface area contributed by atoms with Crippen LogP contribution in [0.2, 0.25) is 0 Å². The van der Waals surface area contributed by atoms with Gasteiger partial charge in [-0.05, 0) is 31.4 Å². The minimum absolute atomic E-state index is 0.0946. The highest BCUT2D eigenvalue weighted by Gasteiger charge is 2.30. The van der Waals surface area contributed by atoms with Crippen LogP contribution in [0.25, 0.3) is 0 Å². The van der Waals surface area contributed by atoms with E-state index < -0.39 is 0 Å². The van der Waals surface area contributed by atoms with E-state index in [9.17, 15) is 5.11 Å². The van der Waals surface area contributed by atoms with E-state index in [0.717, 1.165) is 12.8 Å². The molecule has 1 fully saturated rings. The summed E-state index contributed by atoms with van der Waals surface area (Å²) in [5, 5.41) is 13.4. The van der Waals surface area contributed by atoms with Crippen molar-refractivity contribution in [2.45, 2.75) is 51.0 Å². The van der Waals surface area contributed by atoms with Gasteiger partial charge in [0.25, 0.3) is 0 Å². The number of nitrogens with one attached hydrogen (secondary N) is 1. The molecule has 2 heteroatoms. The molecule has 1 aromatic rings. The standard InChI is InChI=1S/C15H23NO/c1-13-8-4-5-9-14(13)16-15(12-17)10-6-2-3-7-11-15/h4-5,8-9,16-17H,2-3,6-7,10-12H2,1H3. The molecule has 94 valence electrons. The first-order valence-corrected chi connectivity index (χ1v) is 6.70. The highest BCUT2D eigenvalue weighted by Crippen LogP contribution is 2.31. The van der Waals surface area contributed by atoms with E-state index in [2.05, 4.69) is 36.5 Å². The molecule has 0 saturated heterocycles. The molecule has 1 saturated carbocycles. The Balaban J connectivity index is 2.15. The van der Waals surface area contributed by atoms with E-state index in [1.54, 1.807) is 0 Å². The molecule has 0 amide bonds. The number of hydrogen-bond donors (Lipinski definition) is 2. The molecule has 1 aromatic carbocycles. The van der Waals surface area contributed by atoms with Crippen LogP contribution in [0.5, 0.6) is 0 Å². The average molecular weight is 233 g/mol. The van der Waals surface area contributed by atoms with Crippen molar-refractivity contribution >= 4 is 5.69 Å². The van der Waals surface area contributed by atoms with Gasteiger partial charge < -0.3 is 10.4 Å². The molecule has 0 bridgehead atoms. The number of rotatable bonds is 3. The summed E-state index contributed by atoms with van der Waals surface area (Å²) in [6.45, 7) is 2.35. The van der Waals surface area contributed by atoms with Crippen LogP contribution in [-0.2, 0) is 0 Å². The fraction of sp³-hybridized carbons (Fsp3) is 0.600. The second-order valence-corrected chi connectivity index (χ2v) is 5.29. The van der Waals surface area contributed by atoms with Crippen LogP contribution in [0.4, 0.5) is 5.69 Å². The largest absolute Gasteiger partial charge is 0.394 e. The number of aliphatic hydroxyl groups is 1. The lowest BCUT2D eigenvalue weighted by molar-refractivity contribution is 0.195. The average Bonchev–Trinajstić information content (AvgIpc) is 2.58. The smallest absolute Gasteiger partial charge is 0.0661 e. The van der Waals surface area contributed by atoms with Gasteiger partial charge in [-0.2, -0.15) is 0 Å². The Labute approximate surface area is 104 Å². The topological polar surface area (TPSA) is 32.3 Å². The minimum Gasteiger partial charge on any atom is -0.394 e. The predicted octanol–water partition coefficient (Wildman–Crippen LogP) is 3.49. The number of anilines is 1. The Morgan fingerprint density at radius 2 is 1.76 bits per heavy atom. The maximum atomic E-state index is 9.76. The van der Waals surface area contributed by atoms with Gasteiger partial charge in [0.15, 0.2) is 0 Å². The van der Waals surface area contributed by atoms with Crippen LogP contribution in [0.1, 0.15) is 44.1 Å². The fourth-order valence-electron chi connectivity index (χ4n) is 2.73. The van der Waals surface area contributed by atoms with Crippen molar-refractivity contribution in [3.05, 3.63) is 29.8 Å². The second-order valence-electron chi connectivity index (χ2n) is 5.29. The van der Waals surface area contributed by atoms with Gasteiger partial charge >= 0.3 is 0 Å². The highest BCUT2D eigenvalue weighted by molar-refractivity contribution is 5.52. The molecule has 2 rings (SSSR count). The molecule has 0 aliphatic heterocycles. The van der Waals surface area contributed by atoms with E-state index in [-0.39, 0.29) is 12.1 Å². The summed E-state index contributed by atoms with van der Waals surface area (Å²) < 4.78 is 0. The number of para-hydroxylation sites is 1. The second kappa shape index (κ2) is 5.54. The zero-order chi connectivity index (χ0) is 12.1. The summed E-state index contributed by atoms with van der Waals surface area (Å²) in [7, 11) is 0. The van der Waals surface area contributed by atoms with Crippen molar-refractivity contribution < 1.29 is 5.11 Å². The summed E-state index contributed by atoms with van der Waals surface area (Å²) in [6, 6.07) is 8.33. The molecular weight excluding hydrogens is 210 g/mol. The van der Waals surface area contributed by atoms with Gasteiger partial charge in [0.1, 0.15) is 0 Å². The first-order chi connectivity index (χ1) is 8.26. The third-order valence-corrected chi connectivity index (χ3v) is 3.91. The summed E-state index contributed by atoms with van der Waals surface area (Å²) in [6.07, 6.45) is 7.21. The van der Waals surface area contributed by atoms with Crippen LogP contribution in [-0.4, -0.2) is 17.3 Å². The summed E-state index contributed by atoms with van der Waals surface area (Å²) in [5.74, 6) is 0. The monoisotopic (exact) mass is 233 g/mol. The van der Waals surface area contributed by atoms with Gasteiger partial charge in [-0.3, -0.25) is 0 Å². The molecule has 0 radical (unpaired) electrons. The molecule has 0 aromatic heterocycles.